The molecule has 2 aliphatic heterocycles. The third kappa shape index (κ3) is 4.16. The lowest BCUT2D eigenvalue weighted by Gasteiger charge is -2.43. The van der Waals surface area contributed by atoms with E-state index in [0.717, 1.165) is 16.9 Å². The standard InChI is InChI=1S/C20H26F3N3O3S/c1-13(28)9-26-11-14(8-24-26)10-25-5-3-19(4-6-25)17-15(2-7-29-19)16(12-27)18(30-17)20(21,22)23/h8,11,13,27-28H,2-7,9-10,12H2,1H3. The summed E-state index contributed by atoms with van der Waals surface area (Å²) in [6.07, 6.45) is 0.398. The predicted octanol–water partition coefficient (Wildman–Crippen LogP) is 2.90. The average Bonchev–Trinajstić information content (AvgIpc) is 3.28. The van der Waals surface area contributed by atoms with Crippen LogP contribution in [0.5, 0.6) is 0 Å². The number of piperidine rings is 1. The Morgan fingerprint density at radius 3 is 2.70 bits per heavy atom. The van der Waals surface area contributed by atoms with Gasteiger partial charge in [-0.2, -0.15) is 18.3 Å². The molecule has 2 N–H and O–H groups in total. The molecular formula is C20H26F3N3O3S. The van der Waals surface area contributed by atoms with E-state index in [0.29, 0.717) is 62.5 Å². The Morgan fingerprint density at radius 1 is 1.33 bits per heavy atom. The maximum Gasteiger partial charge on any atom is 0.425 e. The Balaban J connectivity index is 1.49. The van der Waals surface area contributed by atoms with E-state index in [1.165, 1.54) is 0 Å². The van der Waals surface area contributed by atoms with E-state index in [1.54, 1.807) is 17.8 Å². The van der Waals surface area contributed by atoms with E-state index in [-0.39, 0.29) is 5.56 Å². The highest BCUT2D eigenvalue weighted by molar-refractivity contribution is 7.12. The molecule has 0 aliphatic carbocycles. The molecule has 1 spiro atoms. The van der Waals surface area contributed by atoms with Gasteiger partial charge in [0.1, 0.15) is 10.5 Å². The molecule has 1 unspecified atom stereocenters. The van der Waals surface area contributed by atoms with Crippen LogP contribution in [0, 0.1) is 0 Å². The van der Waals surface area contributed by atoms with Crippen LogP contribution in [0.25, 0.3) is 0 Å². The van der Waals surface area contributed by atoms with E-state index >= 15 is 0 Å². The van der Waals surface area contributed by atoms with Crippen LogP contribution in [0.2, 0.25) is 0 Å². The molecule has 0 bridgehead atoms. The van der Waals surface area contributed by atoms with E-state index in [9.17, 15) is 23.4 Å². The average molecular weight is 446 g/mol. The van der Waals surface area contributed by atoms with Gasteiger partial charge in [-0.3, -0.25) is 9.58 Å². The largest absolute Gasteiger partial charge is 0.425 e. The highest BCUT2D eigenvalue weighted by atomic mass is 32.1. The summed E-state index contributed by atoms with van der Waals surface area (Å²) in [7, 11) is 0. The summed E-state index contributed by atoms with van der Waals surface area (Å²) in [4.78, 5) is 2.21. The monoisotopic (exact) mass is 445 g/mol. The fourth-order valence-electron chi connectivity index (χ4n) is 4.50. The van der Waals surface area contributed by atoms with Crippen molar-refractivity contribution in [3.8, 4) is 0 Å². The van der Waals surface area contributed by atoms with E-state index in [1.807, 2.05) is 6.20 Å². The lowest BCUT2D eigenvalue weighted by Crippen LogP contribution is -2.45. The quantitative estimate of drug-likeness (QED) is 0.741. The summed E-state index contributed by atoms with van der Waals surface area (Å²) in [6.45, 7) is 4.03. The van der Waals surface area contributed by atoms with Crippen molar-refractivity contribution in [2.45, 2.75) is 63.8 Å². The molecule has 0 amide bonds. The number of halogens is 3. The number of aromatic nitrogens is 2. The zero-order valence-electron chi connectivity index (χ0n) is 16.8. The molecule has 10 heteroatoms. The first-order valence-corrected chi connectivity index (χ1v) is 10.9. The van der Waals surface area contributed by atoms with Gasteiger partial charge in [0.2, 0.25) is 0 Å². The third-order valence-electron chi connectivity index (χ3n) is 5.88. The smallest absolute Gasteiger partial charge is 0.392 e. The summed E-state index contributed by atoms with van der Waals surface area (Å²) in [6, 6.07) is 0. The number of aliphatic hydroxyl groups is 2. The van der Waals surface area contributed by atoms with Crippen molar-refractivity contribution in [1.82, 2.24) is 14.7 Å². The fraction of sp³-hybridized carbons (Fsp3) is 0.650. The number of fused-ring (bicyclic) bond motifs is 2. The molecule has 0 aromatic carbocycles. The molecule has 2 aromatic heterocycles. The first-order valence-electron chi connectivity index (χ1n) is 10.1. The first-order chi connectivity index (χ1) is 14.2. The Labute approximate surface area is 176 Å². The molecular weight excluding hydrogens is 419 g/mol. The number of ether oxygens (including phenoxy) is 1. The number of alkyl halides is 3. The first kappa shape index (κ1) is 21.8. The van der Waals surface area contributed by atoms with E-state index < -0.39 is 29.4 Å². The molecule has 6 nitrogen and oxygen atoms in total. The summed E-state index contributed by atoms with van der Waals surface area (Å²) in [5.41, 5.74) is 1.00. The maximum absolute atomic E-state index is 13.5. The van der Waals surface area contributed by atoms with Crippen molar-refractivity contribution in [2.24, 2.45) is 0 Å². The van der Waals surface area contributed by atoms with Gasteiger partial charge >= 0.3 is 6.18 Å². The molecule has 30 heavy (non-hydrogen) atoms. The molecule has 1 atom stereocenters. The number of hydrogen-bond donors (Lipinski definition) is 2. The minimum atomic E-state index is -4.46. The van der Waals surface area contributed by atoms with E-state index in [4.69, 9.17) is 4.74 Å². The molecule has 1 fully saturated rings. The second kappa shape index (κ2) is 8.23. The number of thiophene rings is 1. The Bertz CT molecular complexity index is 886. The zero-order chi connectivity index (χ0) is 21.5. The Hall–Kier alpha value is -1.46. The molecule has 2 aromatic rings. The van der Waals surface area contributed by atoms with Crippen molar-refractivity contribution in [2.75, 3.05) is 19.7 Å². The van der Waals surface area contributed by atoms with Crippen LogP contribution < -0.4 is 0 Å². The van der Waals surface area contributed by atoms with Crippen molar-refractivity contribution in [3.05, 3.63) is 38.8 Å². The minimum Gasteiger partial charge on any atom is -0.392 e. The zero-order valence-corrected chi connectivity index (χ0v) is 17.6. The second-order valence-electron chi connectivity index (χ2n) is 8.16. The van der Waals surface area contributed by atoms with Crippen LogP contribution in [0.15, 0.2) is 12.4 Å². The second-order valence-corrected chi connectivity index (χ2v) is 9.18. The molecule has 4 rings (SSSR count). The van der Waals surface area contributed by atoms with Gasteiger partial charge in [-0.15, -0.1) is 11.3 Å². The normalized spacial score (nSPS) is 20.5. The number of rotatable bonds is 5. The van der Waals surface area contributed by atoms with Crippen LogP contribution in [0.1, 0.15) is 46.2 Å². The molecule has 0 radical (unpaired) electrons. The summed E-state index contributed by atoms with van der Waals surface area (Å²) < 4.78 is 48.3. The number of likely N-dealkylation sites (tertiary alicyclic amines) is 1. The van der Waals surface area contributed by atoms with Gasteiger partial charge in [0.25, 0.3) is 0 Å². The molecule has 1 saturated heterocycles. The predicted molar refractivity (Wildman–Crippen MR) is 105 cm³/mol. The minimum absolute atomic E-state index is 0.0260. The van der Waals surface area contributed by atoms with Crippen molar-refractivity contribution < 1.29 is 28.1 Å². The van der Waals surface area contributed by atoms with Gasteiger partial charge in [0.15, 0.2) is 0 Å². The SMILES string of the molecule is CC(O)Cn1cc(CN2CCC3(CC2)OCCc2c3sc(C(F)(F)F)c2CO)cn1. The fourth-order valence-corrected chi connectivity index (χ4v) is 5.93. The Kier molecular flexibility index (Phi) is 5.97. The van der Waals surface area contributed by atoms with Gasteiger partial charge in [0.05, 0.1) is 32.1 Å². The van der Waals surface area contributed by atoms with Crippen LogP contribution in [-0.2, 0) is 42.6 Å². The summed E-state index contributed by atoms with van der Waals surface area (Å²) in [5, 5.41) is 23.3. The summed E-state index contributed by atoms with van der Waals surface area (Å²) >= 11 is 0.747. The maximum atomic E-state index is 13.5. The molecule has 0 saturated carbocycles. The third-order valence-corrected chi connectivity index (χ3v) is 7.39. The van der Waals surface area contributed by atoms with Crippen LogP contribution >= 0.6 is 11.3 Å². The topological polar surface area (TPSA) is 70.8 Å². The number of hydrogen-bond acceptors (Lipinski definition) is 6. The van der Waals surface area contributed by atoms with Crippen LogP contribution in [0.4, 0.5) is 13.2 Å². The molecule has 166 valence electrons. The lowest BCUT2D eigenvalue weighted by molar-refractivity contribution is -0.135. The highest BCUT2D eigenvalue weighted by Crippen LogP contribution is 2.50. The lowest BCUT2D eigenvalue weighted by atomic mass is 9.84. The van der Waals surface area contributed by atoms with Crippen molar-refractivity contribution in [3.63, 3.8) is 0 Å². The van der Waals surface area contributed by atoms with Crippen molar-refractivity contribution >= 4 is 11.3 Å². The van der Waals surface area contributed by atoms with Gasteiger partial charge in [0, 0.05) is 41.8 Å². The van der Waals surface area contributed by atoms with Crippen LogP contribution in [0.3, 0.4) is 0 Å². The van der Waals surface area contributed by atoms with Crippen molar-refractivity contribution in [1.29, 1.82) is 0 Å². The molecule has 4 heterocycles. The number of nitrogens with zero attached hydrogens (tertiary/aromatic N) is 3. The molecule has 2 aliphatic rings. The Morgan fingerprint density at radius 2 is 2.07 bits per heavy atom. The van der Waals surface area contributed by atoms with Gasteiger partial charge < -0.3 is 14.9 Å². The summed E-state index contributed by atoms with van der Waals surface area (Å²) in [5.74, 6) is 0. The van der Waals surface area contributed by atoms with E-state index in [2.05, 4.69) is 10.00 Å². The van der Waals surface area contributed by atoms with Gasteiger partial charge in [-0.05, 0) is 31.7 Å². The van der Waals surface area contributed by atoms with Gasteiger partial charge in [-0.1, -0.05) is 0 Å². The van der Waals surface area contributed by atoms with Gasteiger partial charge in [-0.25, -0.2) is 0 Å². The van der Waals surface area contributed by atoms with Crippen LogP contribution in [-0.4, -0.2) is 50.7 Å². The highest BCUT2D eigenvalue weighted by Gasteiger charge is 2.47. The number of aliphatic hydroxyl groups excluding tert-OH is 2.